The first-order valence-electron chi connectivity index (χ1n) is 9.43. The molecule has 0 bridgehead atoms. The van der Waals surface area contributed by atoms with Crippen molar-refractivity contribution >= 4 is 27.7 Å². The van der Waals surface area contributed by atoms with E-state index in [-0.39, 0.29) is 19.2 Å². The highest BCUT2D eigenvalue weighted by atomic mass is 79.9. The maximum Gasteiger partial charge on any atom is 0.338 e. The Bertz CT molecular complexity index is 1130. The molecule has 2 heterocycles. The molecule has 1 aliphatic rings. The largest absolute Gasteiger partial charge is 0.454 e. The molecule has 0 amide bonds. The molecule has 0 fully saturated rings. The fourth-order valence-corrected chi connectivity index (χ4v) is 3.86. The molecule has 6 nitrogen and oxygen atoms in total. The van der Waals surface area contributed by atoms with E-state index in [1.807, 2.05) is 44.2 Å². The van der Waals surface area contributed by atoms with E-state index in [1.165, 1.54) is 0 Å². The van der Waals surface area contributed by atoms with Crippen LogP contribution < -0.4 is 9.47 Å². The third-order valence-corrected chi connectivity index (χ3v) is 5.54. The van der Waals surface area contributed by atoms with Gasteiger partial charge in [0.2, 0.25) is 12.6 Å². The molecule has 3 aromatic rings. The number of rotatable bonds is 6. The third-order valence-electron chi connectivity index (χ3n) is 5.05. The van der Waals surface area contributed by atoms with Crippen molar-refractivity contribution < 1.29 is 23.8 Å². The Labute approximate surface area is 182 Å². The van der Waals surface area contributed by atoms with Gasteiger partial charge in [-0.15, -0.1) is 0 Å². The molecule has 0 saturated heterocycles. The Balaban J connectivity index is 1.46. The zero-order valence-electron chi connectivity index (χ0n) is 16.6. The highest BCUT2D eigenvalue weighted by Crippen LogP contribution is 2.33. The van der Waals surface area contributed by atoms with Gasteiger partial charge >= 0.3 is 5.97 Å². The van der Waals surface area contributed by atoms with Crippen LogP contribution in [0.2, 0.25) is 0 Å². The van der Waals surface area contributed by atoms with Crippen LogP contribution in [-0.2, 0) is 11.3 Å². The van der Waals surface area contributed by atoms with Gasteiger partial charge in [-0.3, -0.25) is 4.79 Å². The summed E-state index contributed by atoms with van der Waals surface area (Å²) in [6, 6.07) is 14.5. The summed E-state index contributed by atoms with van der Waals surface area (Å²) in [6.07, 6.45) is 0. The minimum absolute atomic E-state index is 0.233. The molecular formula is C23H20BrNO5. The molecular weight excluding hydrogens is 450 g/mol. The molecule has 0 radical (unpaired) electrons. The number of carbonyl (C=O) groups is 2. The average molecular weight is 470 g/mol. The van der Waals surface area contributed by atoms with Gasteiger partial charge < -0.3 is 18.8 Å². The Morgan fingerprint density at radius 2 is 1.87 bits per heavy atom. The lowest BCUT2D eigenvalue weighted by atomic mass is 10.1. The lowest BCUT2D eigenvalue weighted by molar-refractivity contribution is 0.0474. The number of aryl methyl sites for hydroxylation is 1. The summed E-state index contributed by atoms with van der Waals surface area (Å²) in [7, 11) is 0. The molecule has 1 aliphatic heterocycles. The van der Waals surface area contributed by atoms with Gasteiger partial charge in [0, 0.05) is 28.0 Å². The Hall–Kier alpha value is -3.06. The molecule has 0 aliphatic carbocycles. The molecule has 0 atom stereocenters. The summed E-state index contributed by atoms with van der Waals surface area (Å²) in [5, 5.41) is 0. The lowest BCUT2D eigenvalue weighted by Gasteiger charge is -2.11. The predicted molar refractivity (Wildman–Crippen MR) is 114 cm³/mol. The van der Waals surface area contributed by atoms with Crippen LogP contribution in [0.4, 0.5) is 0 Å². The summed E-state index contributed by atoms with van der Waals surface area (Å²) in [5.74, 6) is 0.704. The summed E-state index contributed by atoms with van der Waals surface area (Å²) in [4.78, 5) is 24.9. The van der Waals surface area contributed by atoms with Crippen molar-refractivity contribution in [2.45, 2.75) is 20.4 Å². The number of hydrogen-bond donors (Lipinski definition) is 0. The van der Waals surface area contributed by atoms with Crippen LogP contribution in [-0.4, -0.2) is 29.7 Å². The maximum atomic E-state index is 12.7. The van der Waals surface area contributed by atoms with Crippen molar-refractivity contribution in [3.63, 3.8) is 0 Å². The molecule has 4 rings (SSSR count). The van der Waals surface area contributed by atoms with Crippen molar-refractivity contribution in [3.8, 4) is 11.5 Å². The second-order valence-corrected chi connectivity index (χ2v) is 7.98. The molecule has 0 N–H and O–H groups in total. The molecule has 154 valence electrons. The van der Waals surface area contributed by atoms with Crippen LogP contribution in [0.3, 0.4) is 0 Å². The fraction of sp³-hybridized carbons (Fsp3) is 0.217. The van der Waals surface area contributed by atoms with Gasteiger partial charge in [0.15, 0.2) is 18.1 Å². The minimum Gasteiger partial charge on any atom is -0.454 e. The van der Waals surface area contributed by atoms with Crippen LogP contribution in [0.1, 0.15) is 37.7 Å². The first kappa shape index (κ1) is 20.2. The van der Waals surface area contributed by atoms with E-state index in [1.54, 1.807) is 18.2 Å². The predicted octanol–water partition coefficient (Wildman–Crippen LogP) is 4.68. The minimum atomic E-state index is -0.529. The normalized spacial score (nSPS) is 12.1. The number of esters is 1. The first-order valence-corrected chi connectivity index (χ1v) is 10.2. The fourth-order valence-electron chi connectivity index (χ4n) is 3.46. The van der Waals surface area contributed by atoms with Gasteiger partial charge in [0.1, 0.15) is 0 Å². The van der Waals surface area contributed by atoms with Gasteiger partial charge in [-0.1, -0.05) is 28.1 Å². The SMILES string of the molecule is Cc1cc(C(=O)COC(=O)c2cccc(Br)c2)c(C)n1Cc1ccc2c(c1)OCO2. The standard InChI is InChI=1S/C23H20BrNO5/c1-14-8-19(20(26)12-28-23(27)17-4-3-5-18(24)10-17)15(2)25(14)11-16-6-7-21-22(9-16)30-13-29-21/h3-10H,11-13H2,1-2H3. The van der Waals surface area contributed by atoms with E-state index in [4.69, 9.17) is 14.2 Å². The molecule has 30 heavy (non-hydrogen) atoms. The Morgan fingerprint density at radius 3 is 2.67 bits per heavy atom. The number of halogens is 1. The molecule has 2 aromatic carbocycles. The summed E-state index contributed by atoms with van der Waals surface area (Å²) < 4.78 is 18.8. The molecule has 0 unspecified atom stereocenters. The van der Waals surface area contributed by atoms with Gasteiger partial charge in [0.05, 0.1) is 5.56 Å². The van der Waals surface area contributed by atoms with Gasteiger partial charge in [-0.05, 0) is 55.8 Å². The zero-order valence-corrected chi connectivity index (χ0v) is 18.2. The van der Waals surface area contributed by atoms with E-state index in [0.29, 0.717) is 17.7 Å². The topological polar surface area (TPSA) is 66.8 Å². The van der Waals surface area contributed by atoms with Crippen LogP contribution in [0.5, 0.6) is 11.5 Å². The van der Waals surface area contributed by atoms with E-state index in [9.17, 15) is 9.59 Å². The van der Waals surface area contributed by atoms with E-state index in [2.05, 4.69) is 20.5 Å². The Kier molecular flexibility index (Phi) is 5.63. The van der Waals surface area contributed by atoms with E-state index >= 15 is 0 Å². The summed E-state index contributed by atoms with van der Waals surface area (Å²) >= 11 is 3.32. The summed E-state index contributed by atoms with van der Waals surface area (Å²) in [5.41, 5.74) is 3.77. The molecule has 0 saturated carbocycles. The number of nitrogens with zero attached hydrogens (tertiary/aromatic N) is 1. The van der Waals surface area contributed by atoms with Gasteiger partial charge in [0.25, 0.3) is 0 Å². The molecule has 0 spiro atoms. The number of carbonyl (C=O) groups excluding carboxylic acids is 2. The maximum absolute atomic E-state index is 12.7. The lowest BCUT2D eigenvalue weighted by Crippen LogP contribution is -2.15. The van der Waals surface area contributed by atoms with Crippen molar-refractivity contribution in [2.24, 2.45) is 0 Å². The summed E-state index contributed by atoms with van der Waals surface area (Å²) in [6.45, 7) is 4.37. The monoisotopic (exact) mass is 469 g/mol. The smallest absolute Gasteiger partial charge is 0.338 e. The van der Waals surface area contributed by atoms with E-state index < -0.39 is 5.97 Å². The van der Waals surface area contributed by atoms with Gasteiger partial charge in [-0.2, -0.15) is 0 Å². The highest BCUT2D eigenvalue weighted by molar-refractivity contribution is 9.10. The van der Waals surface area contributed by atoms with Crippen LogP contribution in [0.15, 0.2) is 53.0 Å². The second-order valence-electron chi connectivity index (χ2n) is 7.07. The first-order chi connectivity index (χ1) is 14.4. The number of fused-ring (bicyclic) bond motifs is 1. The number of ketones is 1. The number of hydrogen-bond acceptors (Lipinski definition) is 5. The zero-order chi connectivity index (χ0) is 21.3. The third kappa shape index (κ3) is 4.11. The van der Waals surface area contributed by atoms with Crippen LogP contribution in [0, 0.1) is 13.8 Å². The average Bonchev–Trinajstić information content (AvgIpc) is 3.31. The van der Waals surface area contributed by atoms with Crippen LogP contribution >= 0.6 is 15.9 Å². The Morgan fingerprint density at radius 1 is 1.07 bits per heavy atom. The van der Waals surface area contributed by atoms with Crippen molar-refractivity contribution in [3.05, 3.63) is 81.1 Å². The number of benzene rings is 2. The number of ether oxygens (including phenoxy) is 3. The number of Topliss-reactive ketones (excluding diaryl/α,β-unsaturated/α-hetero) is 1. The highest BCUT2D eigenvalue weighted by Gasteiger charge is 2.19. The van der Waals surface area contributed by atoms with Crippen molar-refractivity contribution in [2.75, 3.05) is 13.4 Å². The van der Waals surface area contributed by atoms with Gasteiger partial charge in [-0.25, -0.2) is 4.79 Å². The van der Waals surface area contributed by atoms with Crippen LogP contribution in [0.25, 0.3) is 0 Å². The van der Waals surface area contributed by atoms with Crippen molar-refractivity contribution in [1.29, 1.82) is 0 Å². The van der Waals surface area contributed by atoms with Crippen molar-refractivity contribution in [1.82, 2.24) is 4.57 Å². The second kappa shape index (κ2) is 8.36. The molecule has 7 heteroatoms. The van der Waals surface area contributed by atoms with E-state index in [0.717, 1.165) is 32.9 Å². The molecule has 1 aromatic heterocycles. The quantitative estimate of drug-likeness (QED) is 0.387. The number of aromatic nitrogens is 1.